The van der Waals surface area contributed by atoms with Crippen molar-refractivity contribution in [3.63, 3.8) is 0 Å². The summed E-state index contributed by atoms with van der Waals surface area (Å²) in [6, 6.07) is 9.02. The number of morpholine rings is 1. The monoisotopic (exact) mass is 401 g/mol. The Hall–Kier alpha value is -1.63. The van der Waals surface area contributed by atoms with Gasteiger partial charge in [-0.2, -0.15) is 0 Å². The van der Waals surface area contributed by atoms with Crippen molar-refractivity contribution in [1.29, 1.82) is 0 Å². The molecule has 1 aromatic rings. The first-order valence-electron chi connectivity index (χ1n) is 11.2. The van der Waals surface area contributed by atoms with E-state index in [4.69, 9.17) is 4.74 Å². The van der Waals surface area contributed by atoms with E-state index in [1.165, 1.54) is 30.6 Å². The molecular formula is C23H39N5O. The molecule has 2 aliphatic rings. The van der Waals surface area contributed by atoms with E-state index >= 15 is 0 Å². The minimum Gasteiger partial charge on any atom is -0.379 e. The van der Waals surface area contributed by atoms with E-state index in [0.717, 1.165) is 70.3 Å². The minimum absolute atomic E-state index is 0.787. The molecule has 2 saturated heterocycles. The number of aliphatic imine (C=N–C) groups is 1. The predicted octanol–water partition coefficient (Wildman–Crippen LogP) is 2.16. The maximum atomic E-state index is 5.40. The van der Waals surface area contributed by atoms with E-state index in [2.05, 4.69) is 63.5 Å². The van der Waals surface area contributed by atoms with Crippen LogP contribution in [0.1, 0.15) is 31.4 Å². The molecule has 2 aliphatic heterocycles. The van der Waals surface area contributed by atoms with Crippen LogP contribution in [0.3, 0.4) is 0 Å². The summed E-state index contributed by atoms with van der Waals surface area (Å²) in [6.45, 7) is 14.7. The molecule has 2 atom stereocenters. The van der Waals surface area contributed by atoms with Crippen LogP contribution in [-0.2, 0) is 17.8 Å². The third kappa shape index (κ3) is 7.61. The standard InChI is InChI=1S/C23H39N5O/c1-19-14-20(2)17-28(16-19)18-22-6-4-21(5-7-22)15-26-23(24-3)25-8-9-27-10-12-29-13-11-27/h4-7,19-20H,8-18H2,1-3H3,(H2,24,25,26). The number of piperidine rings is 1. The molecule has 2 unspecified atom stereocenters. The lowest BCUT2D eigenvalue weighted by Gasteiger charge is -2.35. The Morgan fingerprint density at radius 1 is 1.00 bits per heavy atom. The second-order valence-corrected chi connectivity index (χ2v) is 8.76. The second-order valence-electron chi connectivity index (χ2n) is 8.76. The lowest BCUT2D eigenvalue weighted by Crippen LogP contribution is -2.44. The Bertz CT molecular complexity index is 617. The Morgan fingerprint density at radius 2 is 1.66 bits per heavy atom. The highest BCUT2D eigenvalue weighted by Crippen LogP contribution is 2.22. The van der Waals surface area contributed by atoms with Crippen LogP contribution >= 0.6 is 0 Å². The van der Waals surface area contributed by atoms with Crippen molar-refractivity contribution in [2.75, 3.05) is 59.5 Å². The maximum Gasteiger partial charge on any atom is 0.191 e. The van der Waals surface area contributed by atoms with Gasteiger partial charge < -0.3 is 15.4 Å². The molecule has 6 heteroatoms. The molecule has 2 N–H and O–H groups in total. The number of nitrogens with zero attached hydrogens (tertiary/aromatic N) is 3. The van der Waals surface area contributed by atoms with Crippen molar-refractivity contribution in [3.05, 3.63) is 35.4 Å². The molecule has 0 aliphatic carbocycles. The van der Waals surface area contributed by atoms with Crippen LogP contribution in [0.15, 0.2) is 29.3 Å². The summed E-state index contributed by atoms with van der Waals surface area (Å²) in [7, 11) is 1.83. The molecule has 2 fully saturated rings. The lowest BCUT2D eigenvalue weighted by molar-refractivity contribution is 0.0389. The lowest BCUT2D eigenvalue weighted by atomic mass is 9.91. The van der Waals surface area contributed by atoms with Gasteiger partial charge in [-0.1, -0.05) is 38.1 Å². The number of ether oxygens (including phenoxy) is 1. The van der Waals surface area contributed by atoms with Gasteiger partial charge in [0.2, 0.25) is 0 Å². The fourth-order valence-electron chi connectivity index (χ4n) is 4.51. The molecule has 0 saturated carbocycles. The van der Waals surface area contributed by atoms with Crippen molar-refractivity contribution >= 4 is 5.96 Å². The molecule has 3 rings (SSSR count). The fraction of sp³-hybridized carbons (Fsp3) is 0.696. The molecule has 29 heavy (non-hydrogen) atoms. The van der Waals surface area contributed by atoms with Crippen LogP contribution in [0.2, 0.25) is 0 Å². The molecule has 2 heterocycles. The van der Waals surface area contributed by atoms with Crippen molar-refractivity contribution in [2.24, 2.45) is 16.8 Å². The third-order valence-corrected chi connectivity index (χ3v) is 5.88. The van der Waals surface area contributed by atoms with E-state index in [9.17, 15) is 0 Å². The molecule has 162 valence electrons. The number of hydrogen-bond donors (Lipinski definition) is 2. The first-order valence-corrected chi connectivity index (χ1v) is 11.2. The van der Waals surface area contributed by atoms with Gasteiger partial charge in [0, 0.05) is 59.4 Å². The topological polar surface area (TPSA) is 52.1 Å². The number of hydrogen-bond acceptors (Lipinski definition) is 4. The zero-order chi connectivity index (χ0) is 20.5. The number of guanidine groups is 1. The van der Waals surface area contributed by atoms with Gasteiger partial charge in [-0.25, -0.2) is 0 Å². The predicted molar refractivity (Wildman–Crippen MR) is 120 cm³/mol. The number of rotatable bonds is 7. The van der Waals surface area contributed by atoms with Gasteiger partial charge in [-0.05, 0) is 29.4 Å². The van der Waals surface area contributed by atoms with Crippen molar-refractivity contribution in [2.45, 2.75) is 33.4 Å². The largest absolute Gasteiger partial charge is 0.379 e. The first kappa shape index (κ1) is 22.1. The summed E-state index contributed by atoms with van der Waals surface area (Å²) in [5, 5.41) is 6.83. The van der Waals surface area contributed by atoms with E-state index in [1.54, 1.807) is 0 Å². The van der Waals surface area contributed by atoms with E-state index < -0.39 is 0 Å². The normalized spacial score (nSPS) is 24.4. The molecule has 0 radical (unpaired) electrons. The Labute approximate surface area is 176 Å². The maximum absolute atomic E-state index is 5.40. The van der Waals surface area contributed by atoms with Crippen LogP contribution in [0.25, 0.3) is 0 Å². The van der Waals surface area contributed by atoms with Gasteiger partial charge in [0.05, 0.1) is 13.2 Å². The molecular weight excluding hydrogens is 362 g/mol. The molecule has 0 amide bonds. The quantitative estimate of drug-likeness (QED) is 0.542. The van der Waals surface area contributed by atoms with Gasteiger partial charge in [0.1, 0.15) is 0 Å². The van der Waals surface area contributed by atoms with Crippen LogP contribution in [0.4, 0.5) is 0 Å². The number of likely N-dealkylation sites (tertiary alicyclic amines) is 1. The Morgan fingerprint density at radius 3 is 2.31 bits per heavy atom. The average Bonchev–Trinajstić information content (AvgIpc) is 2.71. The third-order valence-electron chi connectivity index (χ3n) is 5.88. The zero-order valence-corrected chi connectivity index (χ0v) is 18.5. The van der Waals surface area contributed by atoms with Gasteiger partial charge in [-0.15, -0.1) is 0 Å². The van der Waals surface area contributed by atoms with Gasteiger partial charge in [0.25, 0.3) is 0 Å². The van der Waals surface area contributed by atoms with E-state index in [1.807, 2.05) is 7.05 Å². The molecule has 0 aromatic heterocycles. The van der Waals surface area contributed by atoms with Gasteiger partial charge >= 0.3 is 0 Å². The van der Waals surface area contributed by atoms with Crippen LogP contribution in [0.5, 0.6) is 0 Å². The van der Waals surface area contributed by atoms with Crippen molar-refractivity contribution in [3.8, 4) is 0 Å². The smallest absolute Gasteiger partial charge is 0.191 e. The highest BCUT2D eigenvalue weighted by molar-refractivity contribution is 5.79. The Balaban J connectivity index is 1.38. The summed E-state index contributed by atoms with van der Waals surface area (Å²) in [5.74, 6) is 2.48. The minimum atomic E-state index is 0.787. The number of benzene rings is 1. The highest BCUT2D eigenvalue weighted by atomic mass is 16.5. The molecule has 0 bridgehead atoms. The fourth-order valence-corrected chi connectivity index (χ4v) is 4.51. The van der Waals surface area contributed by atoms with E-state index in [0.29, 0.717) is 0 Å². The van der Waals surface area contributed by atoms with Crippen molar-refractivity contribution < 1.29 is 4.74 Å². The second kappa shape index (κ2) is 11.5. The highest BCUT2D eigenvalue weighted by Gasteiger charge is 2.21. The number of nitrogens with one attached hydrogen (secondary N) is 2. The SMILES string of the molecule is CN=C(NCCN1CCOCC1)NCc1ccc(CN2CC(C)CC(C)C2)cc1. The zero-order valence-electron chi connectivity index (χ0n) is 18.5. The van der Waals surface area contributed by atoms with Crippen molar-refractivity contribution in [1.82, 2.24) is 20.4 Å². The summed E-state index contributed by atoms with van der Waals surface area (Å²) in [6.07, 6.45) is 1.36. The average molecular weight is 402 g/mol. The summed E-state index contributed by atoms with van der Waals surface area (Å²) < 4.78 is 5.40. The van der Waals surface area contributed by atoms with Gasteiger partial charge in [0.15, 0.2) is 5.96 Å². The first-order chi connectivity index (χ1) is 14.1. The summed E-state index contributed by atoms with van der Waals surface area (Å²) in [5.41, 5.74) is 2.69. The summed E-state index contributed by atoms with van der Waals surface area (Å²) >= 11 is 0. The molecule has 6 nitrogen and oxygen atoms in total. The van der Waals surface area contributed by atoms with Crippen LogP contribution in [-0.4, -0.2) is 75.3 Å². The van der Waals surface area contributed by atoms with Gasteiger partial charge in [-0.3, -0.25) is 14.8 Å². The Kier molecular flexibility index (Phi) is 8.77. The molecule has 1 aromatic carbocycles. The molecule has 0 spiro atoms. The van der Waals surface area contributed by atoms with Crippen LogP contribution < -0.4 is 10.6 Å². The van der Waals surface area contributed by atoms with Crippen LogP contribution in [0, 0.1) is 11.8 Å². The summed E-state index contributed by atoms with van der Waals surface area (Å²) in [4.78, 5) is 9.37. The van der Waals surface area contributed by atoms with E-state index in [-0.39, 0.29) is 0 Å².